The molecule has 1 aliphatic carbocycles. The molecule has 6 heteroatoms. The zero-order valence-corrected chi connectivity index (χ0v) is 13.5. The fourth-order valence-electron chi connectivity index (χ4n) is 3.85. The largest absolute Gasteiger partial charge is 0.573 e. The van der Waals surface area contributed by atoms with Crippen LogP contribution >= 0.6 is 0 Å². The summed E-state index contributed by atoms with van der Waals surface area (Å²) in [6.45, 7) is 6.17. The highest BCUT2D eigenvalue weighted by molar-refractivity contribution is 5.31. The molecular weight excluding hydrogens is 312 g/mol. The van der Waals surface area contributed by atoms with Crippen LogP contribution in [-0.2, 0) is 0 Å². The van der Waals surface area contributed by atoms with E-state index < -0.39 is 24.0 Å². The number of aliphatic hydroxyl groups is 1. The number of alkyl halides is 3. The number of aliphatic hydroxyl groups excluding tert-OH is 1. The summed E-state index contributed by atoms with van der Waals surface area (Å²) in [5.41, 5.74) is 0.165. The van der Waals surface area contributed by atoms with Gasteiger partial charge >= 0.3 is 6.36 Å². The number of ether oxygens (including phenoxy) is 1. The lowest BCUT2D eigenvalue weighted by molar-refractivity contribution is -0.275. The standard InChI is InChI=1S/C17H22F4O2/c1-10-5-4-8-16(2,3)14(10)15(22)11-6-7-13(12(18)9-11)23-17(19,20)21/h6-7,9-10,14-15,22H,4-5,8H2,1-3H3/t10-,14-,15-/m0/s1. The molecule has 0 radical (unpaired) electrons. The molecule has 1 saturated carbocycles. The van der Waals surface area contributed by atoms with Gasteiger partial charge in [0.2, 0.25) is 0 Å². The Balaban J connectivity index is 2.25. The van der Waals surface area contributed by atoms with Crippen molar-refractivity contribution in [2.45, 2.75) is 52.5 Å². The van der Waals surface area contributed by atoms with E-state index >= 15 is 0 Å². The molecule has 3 atom stereocenters. The maximum atomic E-state index is 13.9. The monoisotopic (exact) mass is 334 g/mol. The highest BCUT2D eigenvalue weighted by Crippen LogP contribution is 2.49. The summed E-state index contributed by atoms with van der Waals surface area (Å²) < 4.78 is 54.0. The van der Waals surface area contributed by atoms with Crippen molar-refractivity contribution in [2.75, 3.05) is 0 Å². The maximum Gasteiger partial charge on any atom is 0.573 e. The Kier molecular flexibility index (Phi) is 4.95. The van der Waals surface area contributed by atoms with Gasteiger partial charge in [-0.15, -0.1) is 13.2 Å². The Bertz CT molecular complexity index is 554. The van der Waals surface area contributed by atoms with Crippen LogP contribution in [0.3, 0.4) is 0 Å². The lowest BCUT2D eigenvalue weighted by Gasteiger charge is -2.45. The zero-order valence-electron chi connectivity index (χ0n) is 13.5. The summed E-state index contributed by atoms with van der Waals surface area (Å²) in [5.74, 6) is -1.84. The van der Waals surface area contributed by atoms with Crippen LogP contribution in [-0.4, -0.2) is 11.5 Å². The SMILES string of the molecule is C[C@H]1CCCC(C)(C)[C@@H]1[C@@H](O)c1ccc(OC(F)(F)F)c(F)c1. The first kappa shape index (κ1) is 18.0. The van der Waals surface area contributed by atoms with Gasteiger partial charge in [-0.05, 0) is 41.4 Å². The van der Waals surface area contributed by atoms with Crippen molar-refractivity contribution >= 4 is 0 Å². The van der Waals surface area contributed by atoms with E-state index in [1.807, 2.05) is 6.92 Å². The molecule has 1 fully saturated rings. The van der Waals surface area contributed by atoms with Gasteiger partial charge in [-0.3, -0.25) is 0 Å². The van der Waals surface area contributed by atoms with Crippen molar-refractivity contribution in [3.63, 3.8) is 0 Å². The van der Waals surface area contributed by atoms with Crippen molar-refractivity contribution in [2.24, 2.45) is 17.3 Å². The Labute approximate surface area is 133 Å². The maximum absolute atomic E-state index is 13.9. The molecule has 0 unspecified atom stereocenters. The number of rotatable bonds is 3. The van der Waals surface area contributed by atoms with Gasteiger partial charge in [0.25, 0.3) is 0 Å². The van der Waals surface area contributed by atoms with Crippen molar-refractivity contribution < 1.29 is 27.4 Å². The van der Waals surface area contributed by atoms with Gasteiger partial charge in [-0.2, -0.15) is 0 Å². The number of halogens is 4. The molecule has 2 rings (SSSR count). The predicted octanol–water partition coefficient (Wildman–Crippen LogP) is 5.22. The number of hydrogen-bond acceptors (Lipinski definition) is 2. The van der Waals surface area contributed by atoms with Crippen LogP contribution in [0.15, 0.2) is 18.2 Å². The van der Waals surface area contributed by atoms with E-state index in [4.69, 9.17) is 0 Å². The van der Waals surface area contributed by atoms with Crippen LogP contribution in [0, 0.1) is 23.1 Å². The quantitative estimate of drug-likeness (QED) is 0.768. The molecule has 0 heterocycles. The van der Waals surface area contributed by atoms with Crippen molar-refractivity contribution in [3.05, 3.63) is 29.6 Å². The van der Waals surface area contributed by atoms with Crippen molar-refractivity contribution in [1.29, 1.82) is 0 Å². The van der Waals surface area contributed by atoms with Gasteiger partial charge in [0.15, 0.2) is 11.6 Å². The van der Waals surface area contributed by atoms with E-state index in [0.717, 1.165) is 31.4 Å². The lowest BCUT2D eigenvalue weighted by atomic mass is 9.61. The van der Waals surface area contributed by atoms with Crippen LogP contribution in [0.2, 0.25) is 0 Å². The fraction of sp³-hybridized carbons (Fsp3) is 0.647. The van der Waals surface area contributed by atoms with Crippen LogP contribution in [0.5, 0.6) is 5.75 Å². The molecule has 23 heavy (non-hydrogen) atoms. The smallest absolute Gasteiger partial charge is 0.403 e. The molecule has 0 bridgehead atoms. The molecule has 1 aromatic carbocycles. The number of benzene rings is 1. The third-order valence-electron chi connectivity index (χ3n) is 4.86. The van der Waals surface area contributed by atoms with Crippen LogP contribution in [0.25, 0.3) is 0 Å². The van der Waals surface area contributed by atoms with E-state index in [-0.39, 0.29) is 22.8 Å². The van der Waals surface area contributed by atoms with Crippen LogP contribution in [0.4, 0.5) is 17.6 Å². The fourth-order valence-corrected chi connectivity index (χ4v) is 3.85. The molecule has 1 N–H and O–H groups in total. The van der Waals surface area contributed by atoms with Crippen LogP contribution < -0.4 is 4.74 Å². The molecule has 0 amide bonds. The second-order valence-corrected chi connectivity index (χ2v) is 7.07. The average molecular weight is 334 g/mol. The van der Waals surface area contributed by atoms with Gasteiger partial charge in [-0.1, -0.05) is 39.7 Å². The summed E-state index contributed by atoms with van der Waals surface area (Å²) in [6, 6.07) is 3.15. The zero-order chi connectivity index (χ0) is 17.4. The normalized spacial score (nSPS) is 25.9. The lowest BCUT2D eigenvalue weighted by Crippen LogP contribution is -2.38. The molecule has 2 nitrogen and oxygen atoms in total. The molecule has 1 aliphatic rings. The van der Waals surface area contributed by atoms with E-state index in [9.17, 15) is 22.7 Å². The highest BCUT2D eigenvalue weighted by Gasteiger charge is 2.42. The van der Waals surface area contributed by atoms with Gasteiger partial charge in [0.1, 0.15) is 0 Å². The minimum Gasteiger partial charge on any atom is -0.403 e. The Morgan fingerprint density at radius 2 is 1.96 bits per heavy atom. The molecule has 0 spiro atoms. The molecular formula is C17H22F4O2. The van der Waals surface area contributed by atoms with Gasteiger partial charge < -0.3 is 9.84 Å². The Morgan fingerprint density at radius 3 is 2.48 bits per heavy atom. The summed E-state index contributed by atoms with van der Waals surface area (Å²) >= 11 is 0. The topological polar surface area (TPSA) is 29.5 Å². The second kappa shape index (κ2) is 6.30. The molecule has 0 aromatic heterocycles. The summed E-state index contributed by atoms with van der Waals surface area (Å²) in [7, 11) is 0. The van der Waals surface area contributed by atoms with E-state index in [2.05, 4.69) is 18.6 Å². The first-order valence-corrected chi connectivity index (χ1v) is 7.74. The first-order valence-electron chi connectivity index (χ1n) is 7.74. The number of hydrogen-bond donors (Lipinski definition) is 1. The highest BCUT2D eigenvalue weighted by atomic mass is 19.4. The van der Waals surface area contributed by atoms with Gasteiger partial charge in [0.05, 0.1) is 6.10 Å². The third-order valence-corrected chi connectivity index (χ3v) is 4.86. The summed E-state index contributed by atoms with van der Waals surface area (Å²) in [4.78, 5) is 0. The molecule has 130 valence electrons. The summed E-state index contributed by atoms with van der Waals surface area (Å²) in [5, 5.41) is 10.7. The molecule has 0 aliphatic heterocycles. The van der Waals surface area contributed by atoms with Crippen molar-refractivity contribution in [3.8, 4) is 5.75 Å². The Hall–Kier alpha value is -1.30. The van der Waals surface area contributed by atoms with Gasteiger partial charge in [0, 0.05) is 0 Å². The Morgan fingerprint density at radius 1 is 1.30 bits per heavy atom. The first-order chi connectivity index (χ1) is 10.5. The van der Waals surface area contributed by atoms with Crippen LogP contribution in [0.1, 0.15) is 51.7 Å². The van der Waals surface area contributed by atoms with Gasteiger partial charge in [-0.25, -0.2) is 4.39 Å². The minimum atomic E-state index is -4.94. The average Bonchev–Trinajstić information content (AvgIpc) is 2.38. The molecule has 1 aromatic rings. The molecule has 0 saturated heterocycles. The van der Waals surface area contributed by atoms with E-state index in [1.54, 1.807) is 0 Å². The van der Waals surface area contributed by atoms with E-state index in [0.29, 0.717) is 0 Å². The second-order valence-electron chi connectivity index (χ2n) is 7.07. The minimum absolute atomic E-state index is 0.0787. The van der Waals surface area contributed by atoms with E-state index in [1.165, 1.54) is 6.07 Å². The third kappa shape index (κ3) is 4.16. The predicted molar refractivity (Wildman–Crippen MR) is 78.3 cm³/mol. The van der Waals surface area contributed by atoms with Crippen molar-refractivity contribution in [1.82, 2.24) is 0 Å². The summed E-state index contributed by atoms with van der Waals surface area (Å²) in [6.07, 6.45) is -2.86.